The van der Waals surface area contributed by atoms with E-state index in [1.54, 1.807) is 0 Å². The van der Waals surface area contributed by atoms with Gasteiger partial charge in [-0.25, -0.2) is 0 Å². The van der Waals surface area contributed by atoms with Crippen LogP contribution in [-0.2, 0) is 0 Å². The number of hydrogen-bond donors (Lipinski definition) is 0. The van der Waals surface area contributed by atoms with Crippen molar-refractivity contribution in [3.05, 3.63) is 51.3 Å². The Morgan fingerprint density at radius 1 is 0.429 bits per heavy atom. The van der Waals surface area contributed by atoms with Crippen molar-refractivity contribution in [1.29, 1.82) is 0 Å². The molecule has 112 valence electrons. The summed E-state index contributed by atoms with van der Waals surface area (Å²) in [4.78, 5) is 0. The van der Waals surface area contributed by atoms with E-state index in [0.29, 0.717) is 5.56 Å². The molecule has 0 aromatic heterocycles. The van der Waals surface area contributed by atoms with Crippen LogP contribution in [0, 0.1) is 0 Å². The van der Waals surface area contributed by atoms with Gasteiger partial charge in [-0.3, -0.25) is 0 Å². The first-order chi connectivity index (χ1) is 9.68. The highest BCUT2D eigenvalue weighted by Crippen LogP contribution is 2.52. The third-order valence-electron chi connectivity index (χ3n) is 2.58. The van der Waals surface area contributed by atoms with Gasteiger partial charge < -0.3 is 0 Å². The van der Waals surface area contributed by atoms with Gasteiger partial charge in [0.2, 0.25) is 0 Å². The molecule has 21 heavy (non-hydrogen) atoms. The van der Waals surface area contributed by atoms with Crippen LogP contribution in [0.1, 0.15) is 0 Å². The normalized spacial score (nSPS) is 11.1. The molecule has 0 nitrogen and oxygen atoms in total. The van der Waals surface area contributed by atoms with Crippen LogP contribution in [0.5, 0.6) is 0 Å². The van der Waals surface area contributed by atoms with Crippen molar-refractivity contribution in [2.24, 2.45) is 0 Å². The zero-order chi connectivity index (χ0) is 16.1. The van der Waals surface area contributed by atoms with Crippen LogP contribution in [0.2, 0.25) is 45.2 Å². The number of halogens is 9. The van der Waals surface area contributed by atoms with Gasteiger partial charge in [0.15, 0.2) is 0 Å². The summed E-state index contributed by atoms with van der Waals surface area (Å²) in [5.74, 6) is 0. The van der Waals surface area contributed by atoms with Gasteiger partial charge in [-0.2, -0.15) is 0 Å². The van der Waals surface area contributed by atoms with Crippen LogP contribution >= 0.6 is 104 Å². The van der Waals surface area contributed by atoms with Gasteiger partial charge in [-0.1, -0.05) is 104 Å². The molecule has 0 fully saturated rings. The first-order valence-corrected chi connectivity index (χ1v) is 8.43. The van der Waals surface area contributed by atoms with Crippen LogP contribution < -0.4 is 0 Å². The Labute approximate surface area is 165 Å². The Hall–Kier alpha value is 1.05. The van der Waals surface area contributed by atoms with E-state index in [1.165, 1.54) is 6.07 Å². The average molecular weight is 464 g/mol. The summed E-state index contributed by atoms with van der Waals surface area (Å²) >= 11 is 54.5. The van der Waals surface area contributed by atoms with Crippen molar-refractivity contribution < 1.29 is 0 Å². The summed E-state index contributed by atoms with van der Waals surface area (Å²) < 4.78 is 0. The molecule has 0 aliphatic heterocycles. The number of benzene rings is 2. The molecular weight excluding hydrogens is 463 g/mol. The lowest BCUT2D eigenvalue weighted by Gasteiger charge is -2.15. The second kappa shape index (κ2) is 6.89. The fraction of sp³-hybridized carbons (Fsp3) is 0. The lowest BCUT2D eigenvalue weighted by atomic mass is 10.1. The standard InChI is InChI=1S/C12HCl9/c13-3-1-2(5(14)9(18)6(3)15)4-7(16)10(19)12(21)11(20)8(4)17/h1H. The fourth-order valence-electron chi connectivity index (χ4n) is 1.60. The van der Waals surface area contributed by atoms with Crippen LogP contribution in [0.4, 0.5) is 0 Å². The molecule has 0 saturated heterocycles. The molecule has 0 atom stereocenters. The number of rotatable bonds is 1. The molecule has 0 radical (unpaired) electrons. The molecule has 2 aromatic carbocycles. The molecule has 2 rings (SSSR count). The Kier molecular flexibility index (Phi) is 6.03. The third kappa shape index (κ3) is 3.18. The largest absolute Gasteiger partial charge is 0.0826 e. The molecule has 0 spiro atoms. The molecule has 0 heterocycles. The Bertz CT molecular complexity index is 722. The van der Waals surface area contributed by atoms with Crippen LogP contribution in [0.15, 0.2) is 6.07 Å². The van der Waals surface area contributed by atoms with Gasteiger partial charge >= 0.3 is 0 Å². The molecule has 9 heteroatoms. The van der Waals surface area contributed by atoms with Crippen LogP contribution in [0.3, 0.4) is 0 Å². The Morgan fingerprint density at radius 2 is 0.810 bits per heavy atom. The van der Waals surface area contributed by atoms with Gasteiger partial charge in [0.25, 0.3) is 0 Å². The maximum Gasteiger partial charge on any atom is 0.0809 e. The molecule has 0 aliphatic rings. The van der Waals surface area contributed by atoms with E-state index in [-0.39, 0.29) is 50.8 Å². The molecule has 0 unspecified atom stereocenters. The molecule has 0 bridgehead atoms. The lowest BCUT2D eigenvalue weighted by molar-refractivity contribution is 1.61. The van der Waals surface area contributed by atoms with Gasteiger partial charge in [0, 0.05) is 11.1 Å². The predicted octanol–water partition coefficient (Wildman–Crippen LogP) is 9.23. The maximum absolute atomic E-state index is 6.19. The van der Waals surface area contributed by atoms with E-state index < -0.39 is 0 Å². The smallest absolute Gasteiger partial charge is 0.0809 e. The first kappa shape index (κ1) is 18.4. The SMILES string of the molecule is Clc1cc(-c2c(Cl)c(Cl)c(Cl)c(Cl)c2Cl)c(Cl)c(Cl)c1Cl. The summed E-state index contributed by atoms with van der Waals surface area (Å²) in [6.07, 6.45) is 0. The van der Waals surface area contributed by atoms with E-state index in [0.717, 1.165) is 0 Å². The summed E-state index contributed by atoms with van der Waals surface area (Å²) in [6.45, 7) is 0. The minimum Gasteiger partial charge on any atom is -0.0826 e. The first-order valence-electron chi connectivity index (χ1n) is 5.03. The van der Waals surface area contributed by atoms with Crippen LogP contribution in [-0.4, -0.2) is 0 Å². The van der Waals surface area contributed by atoms with E-state index in [9.17, 15) is 0 Å². The second-order valence-electron chi connectivity index (χ2n) is 3.79. The molecule has 0 N–H and O–H groups in total. The molecule has 0 saturated carbocycles. The van der Waals surface area contributed by atoms with E-state index in [1.807, 2.05) is 0 Å². The monoisotopic (exact) mass is 460 g/mol. The maximum atomic E-state index is 6.19. The topological polar surface area (TPSA) is 0 Å². The van der Waals surface area contributed by atoms with Gasteiger partial charge in [-0.05, 0) is 6.07 Å². The highest BCUT2D eigenvalue weighted by atomic mass is 35.5. The van der Waals surface area contributed by atoms with E-state index >= 15 is 0 Å². The van der Waals surface area contributed by atoms with Crippen molar-refractivity contribution in [2.45, 2.75) is 0 Å². The zero-order valence-electron chi connectivity index (χ0n) is 9.48. The summed E-state index contributed by atoms with van der Waals surface area (Å²) in [5.41, 5.74) is 0.606. The van der Waals surface area contributed by atoms with Crippen molar-refractivity contribution in [3.8, 4) is 11.1 Å². The minimum absolute atomic E-state index is 0.0411. The molecule has 0 amide bonds. The highest BCUT2D eigenvalue weighted by molar-refractivity contribution is 6.57. The van der Waals surface area contributed by atoms with E-state index in [2.05, 4.69) is 0 Å². The van der Waals surface area contributed by atoms with E-state index in [4.69, 9.17) is 104 Å². The zero-order valence-corrected chi connectivity index (χ0v) is 16.3. The highest BCUT2D eigenvalue weighted by Gasteiger charge is 2.24. The second-order valence-corrected chi connectivity index (χ2v) is 7.22. The Morgan fingerprint density at radius 3 is 1.29 bits per heavy atom. The number of hydrogen-bond acceptors (Lipinski definition) is 0. The minimum atomic E-state index is 0.0411. The summed E-state index contributed by atoms with van der Waals surface area (Å²) in [5, 5.41) is 0.751. The fourth-order valence-corrected chi connectivity index (χ4v) is 3.83. The Balaban J connectivity index is 2.93. The molecule has 2 aromatic rings. The van der Waals surface area contributed by atoms with Crippen molar-refractivity contribution in [2.75, 3.05) is 0 Å². The lowest BCUT2D eigenvalue weighted by Crippen LogP contribution is -1.89. The van der Waals surface area contributed by atoms with Crippen molar-refractivity contribution >= 4 is 104 Å². The van der Waals surface area contributed by atoms with Gasteiger partial charge in [-0.15, -0.1) is 0 Å². The predicted molar refractivity (Wildman–Crippen MR) is 97.0 cm³/mol. The van der Waals surface area contributed by atoms with Gasteiger partial charge in [0.1, 0.15) is 0 Å². The quantitative estimate of drug-likeness (QED) is 0.292. The molecule has 0 aliphatic carbocycles. The average Bonchev–Trinajstić information content (AvgIpc) is 2.46. The summed E-state index contributed by atoms with van der Waals surface area (Å²) in [7, 11) is 0. The van der Waals surface area contributed by atoms with Crippen molar-refractivity contribution in [3.63, 3.8) is 0 Å². The third-order valence-corrected chi connectivity index (χ3v) is 6.61. The van der Waals surface area contributed by atoms with Crippen molar-refractivity contribution in [1.82, 2.24) is 0 Å². The molecular formula is C12HCl9. The summed E-state index contributed by atoms with van der Waals surface area (Å²) in [6, 6.07) is 1.46. The van der Waals surface area contributed by atoms with Crippen LogP contribution in [0.25, 0.3) is 11.1 Å². The van der Waals surface area contributed by atoms with Gasteiger partial charge in [0.05, 0.1) is 45.2 Å².